The lowest BCUT2D eigenvalue weighted by atomic mass is 10.1. The Kier molecular flexibility index (Phi) is 2.96. The predicted octanol–water partition coefficient (Wildman–Crippen LogP) is 1.72. The molecule has 2 aromatic rings. The van der Waals surface area contributed by atoms with E-state index >= 15 is 0 Å². The molecule has 1 aromatic heterocycles. The van der Waals surface area contributed by atoms with Crippen LogP contribution in [0.5, 0.6) is 0 Å². The van der Waals surface area contributed by atoms with Crippen molar-refractivity contribution in [3.63, 3.8) is 0 Å². The molecule has 0 amide bonds. The first-order valence-corrected chi connectivity index (χ1v) is 5.02. The highest BCUT2D eigenvalue weighted by atomic mass is 16.4. The zero-order valence-corrected chi connectivity index (χ0v) is 8.71. The number of carboxylic acids is 1. The highest BCUT2D eigenvalue weighted by molar-refractivity contribution is 5.89. The quantitative estimate of drug-likeness (QED) is 0.790. The van der Waals surface area contributed by atoms with E-state index in [2.05, 4.69) is 0 Å². The maximum absolute atomic E-state index is 11.0. The number of nitrogens with zero attached hydrogens (tertiary/aromatic N) is 1. The highest BCUT2D eigenvalue weighted by Crippen LogP contribution is 2.07. The molecule has 0 fully saturated rings. The van der Waals surface area contributed by atoms with Crippen molar-refractivity contribution in [3.8, 4) is 0 Å². The fourth-order valence-electron chi connectivity index (χ4n) is 1.60. The number of rotatable bonds is 3. The van der Waals surface area contributed by atoms with Crippen molar-refractivity contribution in [3.05, 3.63) is 66.0 Å². The van der Waals surface area contributed by atoms with E-state index in [9.17, 15) is 4.79 Å². The molecule has 0 atom stereocenters. The Bertz CT molecular complexity index is 494. The first-order valence-electron chi connectivity index (χ1n) is 5.02. The summed E-state index contributed by atoms with van der Waals surface area (Å²) in [6.45, 7) is 0.573. The number of pyridine rings is 1. The van der Waals surface area contributed by atoms with E-state index in [-0.39, 0.29) is 0 Å². The lowest BCUT2D eigenvalue weighted by Crippen LogP contribution is -2.33. The molecule has 0 aliphatic rings. The molecule has 1 aromatic carbocycles. The van der Waals surface area contributed by atoms with Gasteiger partial charge in [0.15, 0.2) is 18.9 Å². The first-order chi connectivity index (χ1) is 7.77. The molecular weight excluding hydrogens is 202 g/mol. The second-order valence-electron chi connectivity index (χ2n) is 3.51. The van der Waals surface area contributed by atoms with Crippen LogP contribution in [0.2, 0.25) is 0 Å². The summed E-state index contributed by atoms with van der Waals surface area (Å²) in [7, 11) is 0. The number of aromatic nitrogens is 1. The van der Waals surface area contributed by atoms with Gasteiger partial charge in [-0.2, -0.15) is 0 Å². The Hall–Kier alpha value is -2.16. The van der Waals surface area contributed by atoms with Gasteiger partial charge in [-0.3, -0.25) is 0 Å². The Morgan fingerprint density at radius 2 is 1.75 bits per heavy atom. The molecule has 0 aliphatic carbocycles. The van der Waals surface area contributed by atoms with Gasteiger partial charge in [0, 0.05) is 17.7 Å². The van der Waals surface area contributed by atoms with Crippen molar-refractivity contribution in [2.45, 2.75) is 6.54 Å². The van der Waals surface area contributed by atoms with Crippen LogP contribution in [0.4, 0.5) is 0 Å². The maximum Gasteiger partial charge on any atom is 0.336 e. The summed E-state index contributed by atoms with van der Waals surface area (Å²) in [6.07, 6.45) is 3.83. The summed E-state index contributed by atoms with van der Waals surface area (Å²) in [6, 6.07) is 12.8. The van der Waals surface area contributed by atoms with E-state index in [0.717, 1.165) is 5.56 Å². The third kappa shape index (κ3) is 2.25. The summed E-state index contributed by atoms with van der Waals surface area (Å²) < 4.78 is 1.95. The molecule has 0 saturated carbocycles. The highest BCUT2D eigenvalue weighted by Gasteiger charge is 2.11. The van der Waals surface area contributed by atoms with Crippen molar-refractivity contribution < 1.29 is 14.5 Å². The molecule has 0 radical (unpaired) electrons. The Labute approximate surface area is 93.6 Å². The van der Waals surface area contributed by atoms with Gasteiger partial charge in [-0.1, -0.05) is 24.3 Å². The minimum Gasteiger partial charge on any atom is -0.478 e. The molecule has 1 N–H and O–H groups in total. The molecule has 0 unspecified atom stereocenters. The monoisotopic (exact) mass is 214 g/mol. The van der Waals surface area contributed by atoms with E-state index in [1.54, 1.807) is 12.1 Å². The first kappa shape index (κ1) is 10.4. The van der Waals surface area contributed by atoms with Gasteiger partial charge in [0.25, 0.3) is 0 Å². The van der Waals surface area contributed by atoms with Crippen LogP contribution in [0.25, 0.3) is 0 Å². The molecule has 16 heavy (non-hydrogen) atoms. The third-order valence-electron chi connectivity index (χ3n) is 2.38. The van der Waals surface area contributed by atoms with Gasteiger partial charge in [0.05, 0.1) is 5.56 Å². The zero-order chi connectivity index (χ0) is 11.4. The molecule has 80 valence electrons. The summed E-state index contributed by atoms with van der Waals surface area (Å²) in [5, 5.41) is 9.03. The van der Waals surface area contributed by atoms with Crippen LogP contribution in [0.3, 0.4) is 0 Å². The van der Waals surface area contributed by atoms with Gasteiger partial charge in [-0.15, -0.1) is 0 Å². The number of hydrogen-bond acceptors (Lipinski definition) is 1. The van der Waals surface area contributed by atoms with E-state index in [4.69, 9.17) is 5.11 Å². The molecule has 1 heterocycles. The Morgan fingerprint density at radius 3 is 2.44 bits per heavy atom. The van der Waals surface area contributed by atoms with Crippen molar-refractivity contribution in [2.24, 2.45) is 0 Å². The van der Waals surface area contributed by atoms with Gasteiger partial charge in [-0.25, -0.2) is 9.36 Å². The summed E-state index contributed by atoms with van der Waals surface area (Å²) in [5.41, 5.74) is 1.17. The second-order valence-corrected chi connectivity index (χ2v) is 3.51. The standard InChI is InChI=1S/C13H11NO2/c15-13(16)12-7-3-2-6-11(12)10-14-8-4-1-5-9-14/h1-9H,10H2/p+1. The Balaban J connectivity index is 2.31. The topological polar surface area (TPSA) is 41.2 Å². The van der Waals surface area contributed by atoms with Crippen molar-refractivity contribution in [1.29, 1.82) is 0 Å². The van der Waals surface area contributed by atoms with E-state index in [1.165, 1.54) is 0 Å². The molecule has 0 bridgehead atoms. The van der Waals surface area contributed by atoms with Crippen LogP contribution in [-0.4, -0.2) is 11.1 Å². The fourth-order valence-corrected chi connectivity index (χ4v) is 1.60. The predicted molar refractivity (Wildman–Crippen MR) is 59.1 cm³/mol. The van der Waals surface area contributed by atoms with E-state index in [1.807, 2.05) is 47.3 Å². The molecular formula is C13H12NO2+. The largest absolute Gasteiger partial charge is 0.478 e. The maximum atomic E-state index is 11.0. The SMILES string of the molecule is O=C(O)c1ccccc1C[n+]1ccccc1. The zero-order valence-electron chi connectivity index (χ0n) is 8.71. The summed E-state index contributed by atoms with van der Waals surface area (Å²) in [5.74, 6) is -0.882. The van der Waals surface area contributed by atoms with Crippen LogP contribution >= 0.6 is 0 Å². The van der Waals surface area contributed by atoms with Crippen molar-refractivity contribution in [1.82, 2.24) is 0 Å². The van der Waals surface area contributed by atoms with Gasteiger partial charge >= 0.3 is 5.97 Å². The van der Waals surface area contributed by atoms with Crippen LogP contribution in [0.1, 0.15) is 15.9 Å². The van der Waals surface area contributed by atoms with Crippen molar-refractivity contribution in [2.75, 3.05) is 0 Å². The van der Waals surface area contributed by atoms with E-state index in [0.29, 0.717) is 12.1 Å². The smallest absolute Gasteiger partial charge is 0.336 e. The van der Waals surface area contributed by atoms with Crippen LogP contribution < -0.4 is 4.57 Å². The van der Waals surface area contributed by atoms with Crippen LogP contribution in [0, 0.1) is 0 Å². The van der Waals surface area contributed by atoms with Gasteiger partial charge in [-0.05, 0) is 6.07 Å². The van der Waals surface area contributed by atoms with Crippen LogP contribution in [0.15, 0.2) is 54.9 Å². The fraction of sp³-hybridized carbons (Fsp3) is 0.0769. The minimum atomic E-state index is -0.882. The molecule has 0 spiro atoms. The second kappa shape index (κ2) is 4.57. The molecule has 0 aliphatic heterocycles. The van der Waals surface area contributed by atoms with Crippen LogP contribution in [-0.2, 0) is 6.54 Å². The minimum absolute atomic E-state index is 0.360. The number of carboxylic acid groups (broad SMARTS) is 1. The lowest BCUT2D eigenvalue weighted by molar-refractivity contribution is -0.688. The lowest BCUT2D eigenvalue weighted by Gasteiger charge is -2.01. The average Bonchev–Trinajstić information content (AvgIpc) is 2.31. The molecule has 0 saturated heterocycles. The molecule has 2 rings (SSSR count). The number of benzene rings is 1. The van der Waals surface area contributed by atoms with Gasteiger partial charge in [0.1, 0.15) is 0 Å². The molecule has 3 heteroatoms. The summed E-state index contributed by atoms with van der Waals surface area (Å²) >= 11 is 0. The number of aromatic carboxylic acids is 1. The summed E-state index contributed by atoms with van der Waals surface area (Å²) in [4.78, 5) is 11.0. The molecule has 3 nitrogen and oxygen atoms in total. The van der Waals surface area contributed by atoms with Gasteiger partial charge < -0.3 is 5.11 Å². The van der Waals surface area contributed by atoms with Crippen molar-refractivity contribution >= 4 is 5.97 Å². The van der Waals surface area contributed by atoms with Gasteiger partial charge in [0.2, 0.25) is 0 Å². The van der Waals surface area contributed by atoms with E-state index < -0.39 is 5.97 Å². The Morgan fingerprint density at radius 1 is 1.06 bits per heavy atom. The number of hydrogen-bond donors (Lipinski definition) is 1. The normalized spacial score (nSPS) is 10.0. The average molecular weight is 214 g/mol. The third-order valence-corrected chi connectivity index (χ3v) is 2.38. The number of carbonyl (C=O) groups is 1.